The highest BCUT2D eigenvalue weighted by molar-refractivity contribution is 5.84. The normalized spacial score (nSPS) is 50.3. The van der Waals surface area contributed by atoms with E-state index in [1.807, 2.05) is 119 Å². The van der Waals surface area contributed by atoms with Gasteiger partial charge in [-0.2, -0.15) is 0 Å². The van der Waals surface area contributed by atoms with Gasteiger partial charge in [-0.1, -0.05) is 69.2 Å². The molecule has 0 radical (unpaired) electrons. The number of rotatable bonds is 21. The van der Waals surface area contributed by atoms with E-state index >= 15 is 0 Å². The number of aliphatic hydroxyl groups excluding tert-OH is 8. The fourth-order valence-corrected chi connectivity index (χ4v) is 26.4. The molecule has 0 aromatic rings. The first-order valence-electron chi connectivity index (χ1n) is 54.9. The number of nitrogens with zero attached hydrogens (tertiary/aromatic N) is 3. The van der Waals surface area contributed by atoms with Gasteiger partial charge in [0.2, 0.25) is 0 Å². The minimum atomic E-state index is -1.99. The highest BCUT2D eigenvalue weighted by Crippen LogP contribution is 2.59. The number of aliphatic hydroxyl groups is 11. The number of esters is 2. The lowest BCUT2D eigenvalue weighted by molar-refractivity contribution is -0.325. The molecule has 33 unspecified atom stereocenters. The van der Waals surface area contributed by atoms with Crippen molar-refractivity contribution in [2.45, 2.75) is 537 Å². The van der Waals surface area contributed by atoms with E-state index in [0.29, 0.717) is 44.3 Å². The van der Waals surface area contributed by atoms with Gasteiger partial charge in [0.25, 0.3) is 0 Å². The third-order valence-electron chi connectivity index (χ3n) is 36.3. The maximum absolute atomic E-state index is 14.3. The van der Waals surface area contributed by atoms with E-state index in [0.717, 1.165) is 17.6 Å². The summed E-state index contributed by atoms with van der Waals surface area (Å²) >= 11 is 0. The van der Waals surface area contributed by atoms with Gasteiger partial charge in [0.05, 0.1) is 125 Å². The van der Waals surface area contributed by atoms with E-state index < -0.39 is 275 Å². The molecule has 10 fully saturated rings. The number of methoxy groups -OCH3 is 3. The van der Waals surface area contributed by atoms with Crippen LogP contribution < -0.4 is 0 Å². The van der Waals surface area contributed by atoms with Crippen molar-refractivity contribution in [3.63, 3.8) is 0 Å². The van der Waals surface area contributed by atoms with Crippen LogP contribution in [0.1, 0.15) is 294 Å². The van der Waals surface area contributed by atoms with Crippen molar-refractivity contribution in [2.24, 2.45) is 59.2 Å². The molecule has 11 N–H and O–H groups in total. The quantitative estimate of drug-likeness (QED) is 0.0376. The minimum absolute atomic E-state index is 0. The zero-order valence-electron chi connectivity index (χ0n) is 98.7. The number of hydrogen-bond acceptors (Lipinski definition) is 38. The Balaban J connectivity index is 0.000000274. The zero-order valence-corrected chi connectivity index (χ0v) is 96.7. The van der Waals surface area contributed by atoms with Crippen LogP contribution >= 0.6 is 0 Å². The van der Waals surface area contributed by atoms with Crippen LogP contribution in [0.15, 0.2) is 23.0 Å². The smallest absolute Gasteiger partial charge is 0.489 e. The van der Waals surface area contributed by atoms with E-state index in [-0.39, 0.29) is 102 Å². The number of carbonyl (C=O) groups excluding carboxylic acids is 4. The number of ether oxygens (including phenoxy) is 20. The SMILES string of the molecule is CCC1CC(=O)[C@H](C)C(OC2C[C@@](C)(OC)C(O)[C@H](C)O2)CC(OC2O[C@H](C)CC(N(C)C)C2O)C2(C)CC(C)C3(OC1(C)C=C3C)O2.CC[C@H]1OC(=O)[C@H](C)C(OC2C[C@@](C)(OC)C(O)[C@H](C)O2)[C@H](C)C(OC2O[C@H](C)CC(N(C)C)C2O)[C@@]2(C)CC(C)=C(O2)C(C)C(O)C1(C)O.CC[C@H]1OC(=O)[C@H](C)C(OC2C[C@@](C)(OC)C(O)[C@H](C)O2)[C@H](C)C(OC2O[C@H](C)CC(N(C)C)C2O)[C@](C)(O)CC(C)C(=O)C(C)C(O)C1(C)O.[H+].[H+]. The third-order valence-corrected chi connectivity index (χ3v) is 36.3. The Bertz CT molecular complexity index is 4450. The molecular formula is C111H197N3O35+2. The second kappa shape index (κ2) is 49.7. The fraction of sp³-hybridized carbons (Fsp3) is 0.928. The van der Waals surface area contributed by atoms with Crippen molar-refractivity contribution in [1.29, 1.82) is 0 Å². The topological polar surface area (TPSA) is 485 Å². The number of cyclic esters (lactones) is 2. The molecule has 51 atom stereocenters. The second-order valence-electron chi connectivity index (χ2n) is 49.2. The number of hydrogen-bond donors (Lipinski definition) is 11. The molecular weight excluding hydrogens is 1940 g/mol. The number of likely N-dealkylation sites (N-methyl/N-ethyl adjacent to an activating group) is 3. The summed E-state index contributed by atoms with van der Waals surface area (Å²) in [7, 11) is 16.0. The predicted octanol–water partition coefficient (Wildman–Crippen LogP) is 9.26. The largest absolute Gasteiger partial charge is 1.00 e. The van der Waals surface area contributed by atoms with E-state index in [1.165, 1.54) is 41.9 Å². The molecule has 12 heterocycles. The summed E-state index contributed by atoms with van der Waals surface area (Å²) in [5.41, 5.74) is -9.31. The molecule has 0 amide bonds. The van der Waals surface area contributed by atoms with Crippen LogP contribution in [0.3, 0.4) is 0 Å². The van der Waals surface area contributed by atoms with Crippen molar-refractivity contribution in [3.8, 4) is 0 Å². The first-order valence-corrected chi connectivity index (χ1v) is 54.9. The van der Waals surface area contributed by atoms with E-state index in [1.54, 1.807) is 90.2 Å². The molecule has 5 bridgehead atoms. The van der Waals surface area contributed by atoms with Crippen molar-refractivity contribution in [3.05, 3.63) is 23.0 Å². The fourth-order valence-electron chi connectivity index (χ4n) is 26.4. The molecule has 149 heavy (non-hydrogen) atoms. The molecule has 12 rings (SSSR count). The van der Waals surface area contributed by atoms with Crippen LogP contribution in [0.4, 0.5) is 0 Å². The summed E-state index contributed by atoms with van der Waals surface area (Å²) in [6.07, 6.45) is -17.4. The van der Waals surface area contributed by atoms with E-state index in [4.69, 9.17) is 94.7 Å². The highest BCUT2D eigenvalue weighted by Gasteiger charge is 2.66. The molecule has 864 valence electrons. The van der Waals surface area contributed by atoms with Crippen molar-refractivity contribution in [1.82, 2.24) is 14.7 Å². The van der Waals surface area contributed by atoms with Crippen LogP contribution in [0.5, 0.6) is 0 Å². The van der Waals surface area contributed by atoms with E-state index in [2.05, 4.69) is 33.8 Å². The predicted molar refractivity (Wildman–Crippen MR) is 551 cm³/mol. The van der Waals surface area contributed by atoms with Crippen molar-refractivity contribution >= 4 is 23.5 Å². The van der Waals surface area contributed by atoms with Gasteiger partial charge in [-0.05, 0) is 248 Å². The lowest BCUT2D eigenvalue weighted by Gasteiger charge is -2.49. The maximum Gasteiger partial charge on any atom is 1.00 e. The molecule has 38 nitrogen and oxygen atoms in total. The summed E-state index contributed by atoms with van der Waals surface area (Å²) in [6, 6.07) is -0.720. The van der Waals surface area contributed by atoms with Gasteiger partial charge >= 0.3 is 14.8 Å². The monoisotopic (exact) mass is 2130 g/mol. The van der Waals surface area contributed by atoms with E-state index in [9.17, 15) is 75.3 Å². The van der Waals surface area contributed by atoms with Gasteiger partial charge in [-0.25, -0.2) is 0 Å². The Morgan fingerprint density at radius 3 is 1.20 bits per heavy atom. The van der Waals surface area contributed by atoms with Crippen LogP contribution in [0, 0.1) is 59.2 Å². The van der Waals surface area contributed by atoms with Gasteiger partial charge in [0, 0.05) is 119 Å². The molecule has 0 aliphatic carbocycles. The molecule has 0 aromatic heterocycles. The van der Waals surface area contributed by atoms with Crippen molar-refractivity contribution in [2.75, 3.05) is 63.6 Å². The molecule has 12 aliphatic heterocycles. The second-order valence-corrected chi connectivity index (χ2v) is 49.2. The molecule has 1 spiro atoms. The van der Waals surface area contributed by atoms with Crippen LogP contribution in [-0.2, 0) is 114 Å². The third kappa shape index (κ3) is 27.0. The zero-order chi connectivity index (χ0) is 112. The van der Waals surface area contributed by atoms with Crippen LogP contribution in [0.25, 0.3) is 0 Å². The first kappa shape index (κ1) is 127. The molecule has 10 saturated heterocycles. The van der Waals surface area contributed by atoms with Crippen LogP contribution in [0.2, 0.25) is 0 Å². The average molecular weight is 2130 g/mol. The van der Waals surface area contributed by atoms with Gasteiger partial charge in [0.15, 0.2) is 43.5 Å². The lowest BCUT2D eigenvalue weighted by atomic mass is 9.74. The van der Waals surface area contributed by atoms with Crippen molar-refractivity contribution < 1.29 is 173 Å². The number of Topliss-reactive ketones (excluding diaryl/α,β-unsaturated/α-hetero) is 2. The number of carbonyl (C=O) groups is 4. The standard InChI is InChI=1S/C37H67NO13.C37H65NO12.C37H63NO10/c1-14-25-37(10,45)30(41)20(4)27(39)18(2)16-35(8,44)32(51-34-28(40)24(38(11)12)15-19(3)47-34)21(5)29(22(6)33(43)49-25)50-26-17-36(9,46-13)31(42)23(7)48-26;1-14-25-37(10,43)30(40)20(4)28-18(2)16-36(9,50-28)32(49-34-27(39)24(38(11)12)15-19(3)45-34)21(5)29(22(6)33(42)47-25)48-26-17-35(8,44-13)31(41)23(7)46-26;1-13-25-15-27(39)23(5)28(45-30-19-36(9,42-12)32(41)24(6)44-30)16-29(46-33-31(40)26(38(10)11)14-22(4)43-33)35(8)18-21(3)37(48-35)20(2)17-34(25,7)47-37/h18-26,28-32,34,40-42,44-45H,14-17H2,1-13H3;19-27,29-32,34,39-41,43H,14-17H2,1-13H3;17,21-26,28-33,40-41H,13-16,18-19H2,1-12H3/p+2/t18?,19-,20?,21+,22-,23+,24?,25-,26?,28?,29?,30?,31?,32?,34?,35-,36-,37?;19-,20?,21+,22-,23+,24?,25-,26?,27?,29?,30?,31?,32?,34?,35-,36-,37?;21?,22-,23+,24+,25?,26?,28?,29?,30?,31?,32?,33?,34?,35?,36-,37?/m111/s1. The molecule has 38 heteroatoms. The molecule has 0 aromatic carbocycles. The van der Waals surface area contributed by atoms with Gasteiger partial charge in [0.1, 0.15) is 89.1 Å². The molecule has 0 saturated carbocycles. The van der Waals surface area contributed by atoms with Crippen LogP contribution in [-0.4, -0.2) is 404 Å². The number of ketones is 2. The maximum atomic E-state index is 14.3. The van der Waals surface area contributed by atoms with Gasteiger partial charge in [-0.3, -0.25) is 19.2 Å². The Morgan fingerprint density at radius 1 is 0.430 bits per heavy atom. The summed E-state index contributed by atoms with van der Waals surface area (Å²) in [5, 5.41) is 126. The summed E-state index contributed by atoms with van der Waals surface area (Å²) < 4.78 is 128. The Kier molecular flexibility index (Phi) is 42.4. The summed E-state index contributed by atoms with van der Waals surface area (Å²) in [6.45, 7) is 52.3. The average Bonchev–Trinajstić information content (AvgIpc) is 1.55. The van der Waals surface area contributed by atoms with Gasteiger partial charge < -0.3 is 166 Å². The van der Waals surface area contributed by atoms with Gasteiger partial charge in [-0.15, -0.1) is 0 Å². The lowest BCUT2D eigenvalue weighted by Crippen LogP contribution is -2.61. The first-order chi connectivity index (χ1) is 68.8. The Labute approximate surface area is 889 Å². The minimum Gasteiger partial charge on any atom is -0.489 e. The Morgan fingerprint density at radius 2 is 0.812 bits per heavy atom. The summed E-state index contributed by atoms with van der Waals surface area (Å²) in [4.78, 5) is 62.1. The Hall–Kier alpha value is -3.68. The highest BCUT2D eigenvalue weighted by atomic mass is 16.8. The number of fused-ring (bicyclic) bond motifs is 4. The molecule has 12 aliphatic rings. The summed E-state index contributed by atoms with van der Waals surface area (Å²) in [5.74, 6) is -8.81.